The molecule has 2 aliphatic rings. The van der Waals surface area contributed by atoms with Crippen LogP contribution in [0.1, 0.15) is 50.4 Å². The first-order chi connectivity index (χ1) is 12.4. The summed E-state index contributed by atoms with van der Waals surface area (Å²) in [5.41, 5.74) is 7.70. The van der Waals surface area contributed by atoms with Gasteiger partial charge in [0.25, 0.3) is 0 Å². The maximum absolute atomic E-state index is 12.4. The first-order valence-electron chi connectivity index (χ1n) is 9.52. The third-order valence-electron chi connectivity index (χ3n) is 5.83. The van der Waals surface area contributed by atoms with Crippen LogP contribution >= 0.6 is 0 Å². The second-order valence-corrected chi connectivity index (χ2v) is 7.74. The van der Waals surface area contributed by atoms with E-state index in [9.17, 15) is 9.59 Å². The average Bonchev–Trinajstić information content (AvgIpc) is 2.66. The van der Waals surface area contributed by atoms with E-state index in [-0.39, 0.29) is 17.2 Å². The molecule has 26 heavy (non-hydrogen) atoms. The van der Waals surface area contributed by atoms with Crippen LogP contribution in [-0.4, -0.2) is 57.3 Å². The number of nitrogens with zero attached hydrogens (tertiary/aromatic N) is 4. The lowest BCUT2D eigenvalue weighted by Gasteiger charge is -2.47. The van der Waals surface area contributed by atoms with E-state index >= 15 is 0 Å². The van der Waals surface area contributed by atoms with Crippen molar-refractivity contribution in [3.63, 3.8) is 0 Å². The summed E-state index contributed by atoms with van der Waals surface area (Å²) in [6.07, 6.45) is 7.49. The summed E-state index contributed by atoms with van der Waals surface area (Å²) in [7, 11) is 0. The standard InChI is InChI=1S/C19H29N5O2/c1-3-16(20)18(26)23-8-6-19(7-9-23)5-4-17(25)24(13-19)12-15-11-21-14(2)10-22-15/h10-11,16H,3-9,12-13,20H2,1-2H3/t16-/m0/s1. The zero-order valence-corrected chi connectivity index (χ0v) is 15.8. The Hall–Kier alpha value is -2.02. The molecule has 0 radical (unpaired) electrons. The number of rotatable bonds is 4. The molecule has 1 aromatic rings. The minimum absolute atomic E-state index is 0.0565. The molecule has 1 atom stereocenters. The minimum Gasteiger partial charge on any atom is -0.341 e. The summed E-state index contributed by atoms with van der Waals surface area (Å²) >= 11 is 0. The second kappa shape index (κ2) is 7.70. The molecule has 3 rings (SSSR count). The van der Waals surface area contributed by atoms with Crippen molar-refractivity contribution in [1.82, 2.24) is 19.8 Å². The van der Waals surface area contributed by atoms with Gasteiger partial charge >= 0.3 is 0 Å². The fraction of sp³-hybridized carbons (Fsp3) is 0.684. The van der Waals surface area contributed by atoms with E-state index in [2.05, 4.69) is 9.97 Å². The van der Waals surface area contributed by atoms with Crippen molar-refractivity contribution in [2.24, 2.45) is 11.1 Å². The van der Waals surface area contributed by atoms with E-state index in [0.717, 1.165) is 50.3 Å². The molecule has 0 saturated carbocycles. The Morgan fingerprint density at radius 1 is 1.27 bits per heavy atom. The molecular formula is C19H29N5O2. The quantitative estimate of drug-likeness (QED) is 0.873. The summed E-state index contributed by atoms with van der Waals surface area (Å²) in [5.74, 6) is 0.241. The zero-order valence-electron chi connectivity index (χ0n) is 15.8. The van der Waals surface area contributed by atoms with Gasteiger partial charge in [0.05, 0.1) is 30.2 Å². The Kier molecular flexibility index (Phi) is 5.55. The van der Waals surface area contributed by atoms with Crippen molar-refractivity contribution >= 4 is 11.8 Å². The molecule has 0 bridgehead atoms. The molecule has 2 fully saturated rings. The number of amides is 2. The predicted octanol–water partition coefficient (Wildman–Crippen LogP) is 1.25. The minimum atomic E-state index is -0.395. The first-order valence-corrected chi connectivity index (χ1v) is 9.52. The highest BCUT2D eigenvalue weighted by atomic mass is 16.2. The smallest absolute Gasteiger partial charge is 0.239 e. The third-order valence-corrected chi connectivity index (χ3v) is 5.83. The fourth-order valence-corrected chi connectivity index (χ4v) is 3.96. The Labute approximate surface area is 155 Å². The van der Waals surface area contributed by atoms with Gasteiger partial charge in [-0.2, -0.15) is 0 Å². The lowest BCUT2D eigenvalue weighted by atomic mass is 9.72. The number of aromatic nitrogens is 2. The van der Waals surface area contributed by atoms with Crippen molar-refractivity contribution in [3.8, 4) is 0 Å². The molecule has 2 saturated heterocycles. The van der Waals surface area contributed by atoms with Crippen LogP contribution in [-0.2, 0) is 16.1 Å². The number of carbonyl (C=O) groups is 2. The molecule has 2 N–H and O–H groups in total. The van der Waals surface area contributed by atoms with E-state index in [1.165, 1.54) is 0 Å². The fourth-order valence-electron chi connectivity index (χ4n) is 3.96. The molecule has 7 heteroatoms. The predicted molar refractivity (Wildman–Crippen MR) is 97.9 cm³/mol. The van der Waals surface area contributed by atoms with Gasteiger partial charge in [-0.1, -0.05) is 6.92 Å². The molecule has 1 aromatic heterocycles. The second-order valence-electron chi connectivity index (χ2n) is 7.74. The van der Waals surface area contributed by atoms with Crippen LogP contribution in [0.15, 0.2) is 12.4 Å². The monoisotopic (exact) mass is 359 g/mol. The maximum Gasteiger partial charge on any atom is 0.239 e. The molecule has 0 aromatic carbocycles. The Balaban J connectivity index is 1.62. The summed E-state index contributed by atoms with van der Waals surface area (Å²) in [6.45, 7) is 6.56. The van der Waals surface area contributed by atoms with E-state index in [0.29, 0.717) is 19.4 Å². The summed E-state index contributed by atoms with van der Waals surface area (Å²) in [6, 6.07) is -0.395. The number of hydrogen-bond acceptors (Lipinski definition) is 5. The summed E-state index contributed by atoms with van der Waals surface area (Å²) in [5, 5.41) is 0. The lowest BCUT2D eigenvalue weighted by Crippen LogP contribution is -2.54. The number of nitrogens with two attached hydrogens (primary N) is 1. The van der Waals surface area contributed by atoms with Gasteiger partial charge < -0.3 is 15.5 Å². The molecule has 2 amide bonds. The van der Waals surface area contributed by atoms with Crippen molar-refractivity contribution in [2.45, 2.75) is 58.5 Å². The van der Waals surface area contributed by atoms with Crippen LogP contribution in [0.25, 0.3) is 0 Å². The Morgan fingerprint density at radius 2 is 2.00 bits per heavy atom. The van der Waals surface area contributed by atoms with E-state index in [4.69, 9.17) is 5.73 Å². The van der Waals surface area contributed by atoms with Crippen molar-refractivity contribution in [2.75, 3.05) is 19.6 Å². The zero-order chi connectivity index (χ0) is 18.7. The van der Waals surface area contributed by atoms with Crippen LogP contribution in [0.2, 0.25) is 0 Å². The lowest BCUT2D eigenvalue weighted by molar-refractivity contribution is -0.143. The van der Waals surface area contributed by atoms with Crippen LogP contribution in [0.3, 0.4) is 0 Å². The van der Waals surface area contributed by atoms with Crippen molar-refractivity contribution in [1.29, 1.82) is 0 Å². The van der Waals surface area contributed by atoms with Gasteiger partial charge in [0, 0.05) is 32.3 Å². The molecule has 3 heterocycles. The van der Waals surface area contributed by atoms with Crippen LogP contribution in [0, 0.1) is 12.3 Å². The van der Waals surface area contributed by atoms with E-state index in [1.807, 2.05) is 23.6 Å². The van der Waals surface area contributed by atoms with Gasteiger partial charge in [-0.25, -0.2) is 0 Å². The summed E-state index contributed by atoms with van der Waals surface area (Å²) < 4.78 is 0. The van der Waals surface area contributed by atoms with Gasteiger partial charge in [0.15, 0.2) is 0 Å². The highest BCUT2D eigenvalue weighted by Gasteiger charge is 2.42. The number of hydrogen-bond donors (Lipinski definition) is 1. The van der Waals surface area contributed by atoms with Gasteiger partial charge in [0.2, 0.25) is 11.8 Å². The van der Waals surface area contributed by atoms with Gasteiger partial charge in [-0.3, -0.25) is 19.6 Å². The topological polar surface area (TPSA) is 92.4 Å². The molecule has 0 unspecified atom stereocenters. The SMILES string of the molecule is CC[C@H](N)C(=O)N1CCC2(CCC(=O)N(Cc3cnc(C)cn3)C2)CC1. The molecule has 2 aliphatic heterocycles. The molecular weight excluding hydrogens is 330 g/mol. The van der Waals surface area contributed by atoms with Crippen LogP contribution in [0.5, 0.6) is 0 Å². The molecule has 1 spiro atoms. The highest BCUT2D eigenvalue weighted by Crippen LogP contribution is 2.40. The average molecular weight is 359 g/mol. The normalized spacial score (nSPS) is 21.1. The number of piperidine rings is 2. The summed E-state index contributed by atoms with van der Waals surface area (Å²) in [4.78, 5) is 37.2. The van der Waals surface area contributed by atoms with Crippen LogP contribution in [0.4, 0.5) is 0 Å². The highest BCUT2D eigenvalue weighted by molar-refractivity contribution is 5.81. The van der Waals surface area contributed by atoms with Crippen LogP contribution < -0.4 is 5.73 Å². The van der Waals surface area contributed by atoms with E-state index in [1.54, 1.807) is 12.4 Å². The first kappa shape index (κ1) is 18.8. The maximum atomic E-state index is 12.4. The Bertz CT molecular complexity index is 652. The number of aryl methyl sites for hydroxylation is 1. The van der Waals surface area contributed by atoms with Gasteiger partial charge in [0.1, 0.15) is 0 Å². The molecule has 0 aliphatic carbocycles. The van der Waals surface area contributed by atoms with Crippen molar-refractivity contribution in [3.05, 3.63) is 23.8 Å². The van der Waals surface area contributed by atoms with Crippen molar-refractivity contribution < 1.29 is 9.59 Å². The third kappa shape index (κ3) is 4.03. The van der Waals surface area contributed by atoms with E-state index < -0.39 is 6.04 Å². The number of likely N-dealkylation sites (tertiary alicyclic amines) is 2. The van der Waals surface area contributed by atoms with Gasteiger partial charge in [-0.05, 0) is 38.0 Å². The van der Waals surface area contributed by atoms with Gasteiger partial charge in [-0.15, -0.1) is 0 Å². The number of carbonyl (C=O) groups excluding carboxylic acids is 2. The Morgan fingerprint density at radius 3 is 2.62 bits per heavy atom. The molecule has 7 nitrogen and oxygen atoms in total. The molecule has 142 valence electrons. The largest absolute Gasteiger partial charge is 0.341 e.